The van der Waals surface area contributed by atoms with Crippen LogP contribution < -0.4 is 0 Å². The molecule has 0 aliphatic carbocycles. The molecule has 66 valence electrons. The monoisotopic (exact) mass is 193 g/mol. The normalized spacial score (nSPS) is 11.7. The van der Waals surface area contributed by atoms with Gasteiger partial charge in [-0.1, -0.05) is 12.2 Å². The average Bonchev–Trinajstić information content (AvgIpc) is 1.92. The lowest BCUT2D eigenvalue weighted by Gasteiger charge is -2.06. The van der Waals surface area contributed by atoms with Crippen molar-refractivity contribution in [3.8, 4) is 0 Å². The van der Waals surface area contributed by atoms with E-state index in [1.165, 1.54) is 6.20 Å². The molecule has 0 saturated carbocycles. The van der Waals surface area contributed by atoms with Crippen LogP contribution in [0.25, 0.3) is 0 Å². The van der Waals surface area contributed by atoms with Gasteiger partial charge in [0.15, 0.2) is 0 Å². The highest BCUT2D eigenvalue weighted by atomic mass is 32.1. The first-order valence-corrected chi connectivity index (χ1v) is 3.58. The summed E-state index contributed by atoms with van der Waals surface area (Å²) in [6.45, 7) is 1.57. The van der Waals surface area contributed by atoms with E-state index in [1.54, 1.807) is 6.92 Å². The number of halogens is 3. The number of hydrogen-bond acceptors (Lipinski definition) is 1. The smallest absolute Gasteiger partial charge is 0.352 e. The third kappa shape index (κ3) is 1.85. The highest BCUT2D eigenvalue weighted by Gasteiger charge is 2.32. The minimum atomic E-state index is -4.36. The second-order valence-corrected chi connectivity index (χ2v) is 2.83. The Morgan fingerprint density at radius 1 is 1.42 bits per heavy atom. The first kappa shape index (κ1) is 9.25. The Hall–Kier alpha value is -0.840. The summed E-state index contributed by atoms with van der Waals surface area (Å²) in [6.07, 6.45) is -2.92. The Morgan fingerprint density at radius 3 is 2.42 bits per heavy atom. The van der Waals surface area contributed by atoms with E-state index >= 15 is 0 Å². The van der Waals surface area contributed by atoms with Crippen LogP contribution in [0.4, 0.5) is 13.2 Å². The maximum absolute atomic E-state index is 12.1. The van der Waals surface area contributed by atoms with E-state index in [0.717, 1.165) is 6.07 Å². The highest BCUT2D eigenvalue weighted by molar-refractivity contribution is 7.71. The molecular formula is C7H6F3NS. The molecule has 0 unspecified atom stereocenters. The first-order chi connectivity index (χ1) is 5.41. The van der Waals surface area contributed by atoms with Crippen molar-refractivity contribution in [1.82, 2.24) is 4.98 Å². The molecule has 0 amide bonds. The van der Waals surface area contributed by atoms with Crippen LogP contribution in [0.3, 0.4) is 0 Å². The van der Waals surface area contributed by atoms with Crippen LogP contribution in [0.1, 0.15) is 11.1 Å². The summed E-state index contributed by atoms with van der Waals surface area (Å²) < 4.78 is 36.2. The first-order valence-electron chi connectivity index (χ1n) is 3.18. The predicted molar refractivity (Wildman–Crippen MR) is 41.4 cm³/mol. The van der Waals surface area contributed by atoms with E-state index < -0.39 is 11.7 Å². The molecule has 0 aromatic carbocycles. The van der Waals surface area contributed by atoms with Gasteiger partial charge in [-0.3, -0.25) is 0 Å². The Labute approximate surface area is 72.2 Å². The van der Waals surface area contributed by atoms with Crippen molar-refractivity contribution in [1.29, 1.82) is 0 Å². The van der Waals surface area contributed by atoms with Gasteiger partial charge in [-0.05, 0) is 18.6 Å². The molecule has 5 heteroatoms. The fourth-order valence-corrected chi connectivity index (χ4v) is 1.04. The quantitative estimate of drug-likeness (QED) is 0.626. The molecule has 1 aromatic heterocycles. The summed E-state index contributed by atoms with van der Waals surface area (Å²) in [6, 6.07) is 1.03. The summed E-state index contributed by atoms with van der Waals surface area (Å²) in [5.41, 5.74) is -0.270. The molecule has 0 aliphatic rings. The van der Waals surface area contributed by atoms with Gasteiger partial charge in [-0.25, -0.2) is 0 Å². The van der Waals surface area contributed by atoms with Crippen molar-refractivity contribution < 1.29 is 13.2 Å². The number of aromatic nitrogens is 1. The zero-order chi connectivity index (χ0) is 9.35. The SMILES string of the molecule is Cc1c[nH]c(=S)c(C(F)(F)F)c1. The molecule has 0 atom stereocenters. The number of pyridine rings is 1. The second-order valence-electron chi connectivity index (χ2n) is 2.42. The van der Waals surface area contributed by atoms with Crippen LogP contribution in [0, 0.1) is 11.6 Å². The zero-order valence-electron chi connectivity index (χ0n) is 6.20. The maximum Gasteiger partial charge on any atom is 0.419 e. The van der Waals surface area contributed by atoms with Gasteiger partial charge >= 0.3 is 6.18 Å². The molecule has 0 fully saturated rings. The van der Waals surface area contributed by atoms with Crippen LogP contribution in [0.5, 0.6) is 0 Å². The van der Waals surface area contributed by atoms with Crippen molar-refractivity contribution in [2.75, 3.05) is 0 Å². The minimum Gasteiger partial charge on any atom is -0.352 e. The van der Waals surface area contributed by atoms with Crippen molar-refractivity contribution >= 4 is 12.2 Å². The van der Waals surface area contributed by atoms with E-state index in [0.29, 0.717) is 5.56 Å². The number of alkyl halides is 3. The largest absolute Gasteiger partial charge is 0.419 e. The Balaban J connectivity index is 3.33. The van der Waals surface area contributed by atoms with Crippen LogP contribution in [0.2, 0.25) is 0 Å². The van der Waals surface area contributed by atoms with Crippen molar-refractivity contribution in [2.45, 2.75) is 13.1 Å². The summed E-state index contributed by atoms with van der Waals surface area (Å²) in [5.74, 6) is 0. The van der Waals surface area contributed by atoms with Crippen molar-refractivity contribution in [3.63, 3.8) is 0 Å². The van der Waals surface area contributed by atoms with E-state index in [-0.39, 0.29) is 4.64 Å². The van der Waals surface area contributed by atoms with E-state index in [9.17, 15) is 13.2 Å². The number of hydrogen-bond donors (Lipinski definition) is 1. The third-order valence-corrected chi connectivity index (χ3v) is 1.69. The lowest BCUT2D eigenvalue weighted by Crippen LogP contribution is -2.06. The van der Waals surface area contributed by atoms with Gasteiger partial charge in [-0.2, -0.15) is 13.2 Å². The molecule has 1 rings (SSSR count). The standard InChI is InChI=1S/C7H6F3NS/c1-4-2-5(7(8,9)10)6(12)11-3-4/h2-3H,1H3,(H,11,12). The molecule has 0 bridgehead atoms. The molecule has 12 heavy (non-hydrogen) atoms. The Kier molecular flexibility index (Phi) is 2.23. The average molecular weight is 193 g/mol. The van der Waals surface area contributed by atoms with Gasteiger partial charge in [0.1, 0.15) is 4.64 Å². The lowest BCUT2D eigenvalue weighted by molar-refractivity contribution is -0.138. The molecular weight excluding hydrogens is 187 g/mol. The number of aromatic amines is 1. The number of H-pyrrole nitrogens is 1. The van der Waals surface area contributed by atoms with Crippen LogP contribution in [0.15, 0.2) is 12.3 Å². The number of aryl methyl sites for hydroxylation is 1. The molecule has 0 saturated heterocycles. The van der Waals surface area contributed by atoms with Gasteiger partial charge < -0.3 is 4.98 Å². The lowest BCUT2D eigenvalue weighted by atomic mass is 10.2. The fourth-order valence-electron chi connectivity index (χ4n) is 0.803. The summed E-state index contributed by atoms with van der Waals surface area (Å²) in [5, 5.41) is 0. The number of rotatable bonds is 0. The molecule has 1 aromatic rings. The maximum atomic E-state index is 12.1. The summed E-state index contributed by atoms with van der Waals surface area (Å²) in [4.78, 5) is 2.37. The van der Waals surface area contributed by atoms with Crippen LogP contribution in [-0.4, -0.2) is 4.98 Å². The molecule has 1 heterocycles. The van der Waals surface area contributed by atoms with Crippen molar-refractivity contribution in [2.24, 2.45) is 0 Å². The second kappa shape index (κ2) is 2.90. The number of nitrogens with one attached hydrogen (secondary N) is 1. The van der Waals surface area contributed by atoms with Gasteiger partial charge in [0.2, 0.25) is 0 Å². The van der Waals surface area contributed by atoms with Crippen LogP contribution in [-0.2, 0) is 6.18 Å². The molecule has 0 spiro atoms. The van der Waals surface area contributed by atoms with Gasteiger partial charge in [0.25, 0.3) is 0 Å². The highest BCUT2D eigenvalue weighted by Crippen LogP contribution is 2.29. The van der Waals surface area contributed by atoms with Crippen LogP contribution >= 0.6 is 12.2 Å². The topological polar surface area (TPSA) is 15.8 Å². The summed E-state index contributed by atoms with van der Waals surface area (Å²) >= 11 is 4.48. The third-order valence-electron chi connectivity index (χ3n) is 1.35. The van der Waals surface area contributed by atoms with Gasteiger partial charge in [0.05, 0.1) is 5.56 Å². The summed E-state index contributed by atoms with van der Waals surface area (Å²) in [7, 11) is 0. The predicted octanol–water partition coefficient (Wildman–Crippen LogP) is 3.07. The van der Waals surface area contributed by atoms with E-state index in [4.69, 9.17) is 0 Å². The van der Waals surface area contributed by atoms with Gasteiger partial charge in [0, 0.05) is 6.20 Å². The van der Waals surface area contributed by atoms with E-state index in [2.05, 4.69) is 17.2 Å². The molecule has 1 nitrogen and oxygen atoms in total. The van der Waals surface area contributed by atoms with Gasteiger partial charge in [-0.15, -0.1) is 0 Å². The fraction of sp³-hybridized carbons (Fsp3) is 0.286. The molecule has 0 radical (unpaired) electrons. The Bertz CT molecular complexity index is 339. The Morgan fingerprint density at radius 2 is 2.00 bits per heavy atom. The molecule has 1 N–H and O–H groups in total. The minimum absolute atomic E-state index is 0.270. The van der Waals surface area contributed by atoms with Crippen molar-refractivity contribution in [3.05, 3.63) is 28.0 Å². The zero-order valence-corrected chi connectivity index (χ0v) is 7.01. The molecule has 0 aliphatic heterocycles. The van der Waals surface area contributed by atoms with E-state index in [1.807, 2.05) is 0 Å².